The first-order valence-electron chi connectivity index (χ1n) is 8.97. The summed E-state index contributed by atoms with van der Waals surface area (Å²) in [5.41, 5.74) is 1.04. The maximum absolute atomic E-state index is 12.4. The molecular formula is C21H20ClNO5. The van der Waals surface area contributed by atoms with Gasteiger partial charge in [-0.05, 0) is 43.3 Å². The summed E-state index contributed by atoms with van der Waals surface area (Å²) < 4.78 is 10.7. The zero-order chi connectivity index (χ0) is 20.1. The van der Waals surface area contributed by atoms with Crippen LogP contribution in [0.3, 0.4) is 0 Å². The second kappa shape index (κ2) is 8.89. The monoisotopic (exact) mass is 401 g/mol. The zero-order valence-electron chi connectivity index (χ0n) is 15.4. The second-order valence-corrected chi connectivity index (χ2v) is 6.78. The molecule has 1 heterocycles. The maximum Gasteiger partial charge on any atom is 0.311 e. The van der Waals surface area contributed by atoms with Crippen LogP contribution < -0.4 is 9.64 Å². The number of amides is 1. The molecule has 1 amide bonds. The number of rotatable bonds is 7. The molecule has 0 aliphatic carbocycles. The maximum atomic E-state index is 12.4. The van der Waals surface area contributed by atoms with Gasteiger partial charge in [-0.2, -0.15) is 0 Å². The summed E-state index contributed by atoms with van der Waals surface area (Å²) in [5.74, 6) is -1.11. The molecule has 0 radical (unpaired) electrons. The molecule has 1 saturated heterocycles. The standard InChI is InChI=1S/C21H20ClNO5/c1-2-27-19-6-4-3-5-17(19)23-12-15(11-20(23)25)21(26)28-13-18(24)14-7-9-16(22)10-8-14/h3-10,15H,2,11-13H2,1H3/t15-/m0/s1. The fourth-order valence-corrected chi connectivity index (χ4v) is 3.16. The van der Waals surface area contributed by atoms with Crippen molar-refractivity contribution in [2.75, 3.05) is 24.7 Å². The average Bonchev–Trinajstić information content (AvgIpc) is 3.09. The number of hydrogen-bond donors (Lipinski definition) is 0. The van der Waals surface area contributed by atoms with Crippen molar-refractivity contribution >= 4 is 34.9 Å². The predicted molar refractivity (Wildman–Crippen MR) is 105 cm³/mol. The van der Waals surface area contributed by atoms with Crippen molar-refractivity contribution in [2.24, 2.45) is 5.92 Å². The molecule has 0 bridgehead atoms. The lowest BCUT2D eigenvalue weighted by atomic mass is 10.1. The number of ether oxygens (including phenoxy) is 2. The number of halogens is 1. The van der Waals surface area contributed by atoms with E-state index in [-0.39, 0.29) is 31.3 Å². The highest BCUT2D eigenvalue weighted by Crippen LogP contribution is 2.33. The van der Waals surface area contributed by atoms with E-state index in [1.807, 2.05) is 19.1 Å². The largest absolute Gasteiger partial charge is 0.492 e. The molecule has 2 aromatic carbocycles. The van der Waals surface area contributed by atoms with Crippen molar-refractivity contribution in [3.63, 3.8) is 0 Å². The fourth-order valence-electron chi connectivity index (χ4n) is 3.03. The summed E-state index contributed by atoms with van der Waals surface area (Å²) in [7, 11) is 0. The van der Waals surface area contributed by atoms with E-state index < -0.39 is 11.9 Å². The zero-order valence-corrected chi connectivity index (χ0v) is 16.1. The minimum atomic E-state index is -0.625. The first kappa shape index (κ1) is 19.9. The Kier molecular flexibility index (Phi) is 6.31. The van der Waals surface area contributed by atoms with E-state index in [0.29, 0.717) is 28.6 Å². The van der Waals surface area contributed by atoms with Crippen LogP contribution in [0.1, 0.15) is 23.7 Å². The second-order valence-electron chi connectivity index (χ2n) is 6.34. The molecule has 0 unspecified atom stereocenters. The topological polar surface area (TPSA) is 72.9 Å². The number of ketones is 1. The van der Waals surface area contributed by atoms with Crippen LogP contribution in [-0.4, -0.2) is 37.4 Å². The van der Waals surface area contributed by atoms with Crippen molar-refractivity contribution in [2.45, 2.75) is 13.3 Å². The number of anilines is 1. The highest BCUT2D eigenvalue weighted by molar-refractivity contribution is 6.30. The Hall–Kier alpha value is -2.86. The SMILES string of the molecule is CCOc1ccccc1N1C[C@@H](C(=O)OCC(=O)c2ccc(Cl)cc2)CC1=O. The number of nitrogens with zero attached hydrogens (tertiary/aromatic N) is 1. The van der Waals surface area contributed by atoms with Gasteiger partial charge in [0.2, 0.25) is 5.91 Å². The van der Waals surface area contributed by atoms with Crippen LogP contribution in [0.5, 0.6) is 5.75 Å². The number of carbonyl (C=O) groups is 3. The van der Waals surface area contributed by atoms with Gasteiger partial charge in [0.05, 0.1) is 18.2 Å². The number of esters is 1. The van der Waals surface area contributed by atoms with Crippen molar-refractivity contribution in [3.8, 4) is 5.75 Å². The van der Waals surface area contributed by atoms with Gasteiger partial charge in [0.25, 0.3) is 0 Å². The lowest BCUT2D eigenvalue weighted by molar-refractivity contribution is -0.147. The van der Waals surface area contributed by atoms with Gasteiger partial charge in [0.15, 0.2) is 12.4 Å². The lowest BCUT2D eigenvalue weighted by Crippen LogP contribution is -2.27. The third kappa shape index (κ3) is 4.51. The van der Waals surface area contributed by atoms with Crippen LogP contribution in [0, 0.1) is 5.92 Å². The van der Waals surface area contributed by atoms with Crippen molar-refractivity contribution < 1.29 is 23.9 Å². The Bertz CT molecular complexity index is 881. The van der Waals surface area contributed by atoms with Gasteiger partial charge in [0.1, 0.15) is 5.75 Å². The Morgan fingerprint density at radius 2 is 1.86 bits per heavy atom. The highest BCUT2D eigenvalue weighted by atomic mass is 35.5. The molecule has 1 atom stereocenters. The van der Waals surface area contributed by atoms with Gasteiger partial charge < -0.3 is 14.4 Å². The summed E-state index contributed by atoms with van der Waals surface area (Å²) in [5, 5.41) is 0.519. The van der Waals surface area contributed by atoms with E-state index in [1.165, 1.54) is 4.90 Å². The minimum Gasteiger partial charge on any atom is -0.492 e. The Morgan fingerprint density at radius 1 is 1.14 bits per heavy atom. The van der Waals surface area contributed by atoms with E-state index in [2.05, 4.69) is 0 Å². The van der Waals surface area contributed by atoms with E-state index in [9.17, 15) is 14.4 Å². The van der Waals surface area contributed by atoms with Crippen LogP contribution in [0.4, 0.5) is 5.69 Å². The Labute approximate surface area is 168 Å². The van der Waals surface area contributed by atoms with Crippen molar-refractivity contribution in [3.05, 3.63) is 59.1 Å². The van der Waals surface area contributed by atoms with Crippen molar-refractivity contribution in [1.29, 1.82) is 0 Å². The first-order chi connectivity index (χ1) is 13.5. The molecule has 1 aliphatic heterocycles. The van der Waals surface area contributed by atoms with Gasteiger partial charge >= 0.3 is 5.97 Å². The van der Waals surface area contributed by atoms with Crippen molar-refractivity contribution in [1.82, 2.24) is 0 Å². The van der Waals surface area contributed by atoms with Gasteiger partial charge in [-0.15, -0.1) is 0 Å². The van der Waals surface area contributed by atoms with Crippen LogP contribution in [0.2, 0.25) is 5.02 Å². The predicted octanol–water partition coefficient (Wildman–Crippen LogP) is 3.52. The third-order valence-electron chi connectivity index (χ3n) is 4.43. The molecule has 2 aromatic rings. The van der Waals surface area contributed by atoms with Gasteiger partial charge in [0, 0.05) is 23.6 Å². The summed E-state index contributed by atoms with van der Waals surface area (Å²) >= 11 is 5.80. The molecule has 3 rings (SSSR count). The van der Waals surface area contributed by atoms with Crippen LogP contribution in [0.25, 0.3) is 0 Å². The lowest BCUT2D eigenvalue weighted by Gasteiger charge is -2.19. The Balaban J connectivity index is 1.61. The minimum absolute atomic E-state index is 0.0361. The molecule has 0 aromatic heterocycles. The number of Topliss-reactive ketones (excluding diaryl/α,β-unsaturated/α-hetero) is 1. The van der Waals surface area contributed by atoms with Crippen LogP contribution in [-0.2, 0) is 14.3 Å². The summed E-state index contributed by atoms with van der Waals surface area (Å²) in [6, 6.07) is 13.5. The molecule has 0 saturated carbocycles. The molecule has 0 spiro atoms. The Morgan fingerprint density at radius 3 is 2.57 bits per heavy atom. The molecule has 28 heavy (non-hydrogen) atoms. The number of benzene rings is 2. The fraction of sp³-hybridized carbons (Fsp3) is 0.286. The summed E-state index contributed by atoms with van der Waals surface area (Å²) in [4.78, 5) is 38.4. The molecule has 1 aliphatic rings. The van der Waals surface area contributed by atoms with E-state index in [0.717, 1.165) is 0 Å². The molecule has 0 N–H and O–H groups in total. The van der Waals surface area contributed by atoms with E-state index in [1.54, 1.807) is 36.4 Å². The molecule has 146 valence electrons. The van der Waals surface area contributed by atoms with E-state index in [4.69, 9.17) is 21.1 Å². The smallest absolute Gasteiger partial charge is 0.311 e. The third-order valence-corrected chi connectivity index (χ3v) is 4.68. The van der Waals surface area contributed by atoms with E-state index >= 15 is 0 Å². The van der Waals surface area contributed by atoms with Gasteiger partial charge in [-0.3, -0.25) is 14.4 Å². The van der Waals surface area contributed by atoms with Crippen LogP contribution >= 0.6 is 11.6 Å². The normalized spacial score (nSPS) is 16.1. The quantitative estimate of drug-likeness (QED) is 0.524. The molecule has 1 fully saturated rings. The first-order valence-corrected chi connectivity index (χ1v) is 9.35. The van der Waals surface area contributed by atoms with Crippen LogP contribution in [0.15, 0.2) is 48.5 Å². The van der Waals surface area contributed by atoms with Gasteiger partial charge in [-0.1, -0.05) is 23.7 Å². The number of carbonyl (C=O) groups excluding carboxylic acids is 3. The highest BCUT2D eigenvalue weighted by Gasteiger charge is 2.37. The number of hydrogen-bond acceptors (Lipinski definition) is 5. The molecular weight excluding hydrogens is 382 g/mol. The number of para-hydroxylation sites is 2. The average molecular weight is 402 g/mol. The molecule has 7 heteroatoms. The van der Waals surface area contributed by atoms with Gasteiger partial charge in [-0.25, -0.2) is 0 Å². The summed E-state index contributed by atoms with van der Waals surface area (Å²) in [6.07, 6.45) is 0.0361. The summed E-state index contributed by atoms with van der Waals surface area (Å²) in [6.45, 7) is 2.15. The molecule has 6 nitrogen and oxygen atoms in total.